The summed E-state index contributed by atoms with van der Waals surface area (Å²) in [4.78, 5) is 24.2. The SMILES string of the molecule is CCC1CCCN(C(=O)N[C@@H](C)C(=O)O)CC1. The van der Waals surface area contributed by atoms with E-state index >= 15 is 0 Å². The number of aliphatic carboxylic acids is 1. The van der Waals surface area contributed by atoms with E-state index in [4.69, 9.17) is 5.11 Å². The smallest absolute Gasteiger partial charge is 0.325 e. The summed E-state index contributed by atoms with van der Waals surface area (Å²) in [5, 5.41) is 11.2. The Labute approximate surface area is 102 Å². The van der Waals surface area contributed by atoms with Gasteiger partial charge in [-0.25, -0.2) is 4.79 Å². The zero-order valence-corrected chi connectivity index (χ0v) is 10.6. The van der Waals surface area contributed by atoms with E-state index in [1.807, 2.05) is 0 Å². The number of hydrogen-bond acceptors (Lipinski definition) is 2. The first-order valence-corrected chi connectivity index (χ1v) is 6.32. The van der Waals surface area contributed by atoms with E-state index in [1.54, 1.807) is 4.90 Å². The molecule has 1 heterocycles. The molecule has 0 saturated carbocycles. The van der Waals surface area contributed by atoms with Crippen LogP contribution in [-0.4, -0.2) is 41.1 Å². The van der Waals surface area contributed by atoms with Gasteiger partial charge in [-0.1, -0.05) is 13.3 Å². The Balaban J connectivity index is 2.44. The van der Waals surface area contributed by atoms with Gasteiger partial charge in [0.25, 0.3) is 0 Å². The molecular formula is C12H22N2O3. The first-order chi connectivity index (χ1) is 8.04. The Morgan fingerprint density at radius 3 is 2.71 bits per heavy atom. The highest BCUT2D eigenvalue weighted by Crippen LogP contribution is 2.20. The van der Waals surface area contributed by atoms with Crippen molar-refractivity contribution in [2.75, 3.05) is 13.1 Å². The Morgan fingerprint density at radius 2 is 2.12 bits per heavy atom. The lowest BCUT2D eigenvalue weighted by Gasteiger charge is -2.22. The van der Waals surface area contributed by atoms with Crippen LogP contribution >= 0.6 is 0 Å². The summed E-state index contributed by atoms with van der Waals surface area (Å²) in [5.74, 6) is -0.302. The van der Waals surface area contributed by atoms with Crippen LogP contribution in [0.5, 0.6) is 0 Å². The second-order valence-corrected chi connectivity index (χ2v) is 4.70. The Morgan fingerprint density at radius 1 is 1.41 bits per heavy atom. The number of hydrogen-bond donors (Lipinski definition) is 2. The molecule has 5 nitrogen and oxygen atoms in total. The van der Waals surface area contributed by atoms with Gasteiger partial charge >= 0.3 is 12.0 Å². The molecule has 0 bridgehead atoms. The molecule has 2 N–H and O–H groups in total. The third-order valence-corrected chi connectivity index (χ3v) is 3.42. The van der Waals surface area contributed by atoms with Gasteiger partial charge in [0.15, 0.2) is 0 Å². The number of urea groups is 1. The molecule has 1 rings (SSSR count). The predicted molar refractivity (Wildman–Crippen MR) is 64.8 cm³/mol. The Kier molecular flexibility index (Phi) is 5.25. The lowest BCUT2D eigenvalue weighted by Crippen LogP contribution is -2.47. The van der Waals surface area contributed by atoms with Gasteiger partial charge in [-0.2, -0.15) is 0 Å². The van der Waals surface area contributed by atoms with Crippen molar-refractivity contribution >= 4 is 12.0 Å². The zero-order chi connectivity index (χ0) is 12.8. The molecule has 0 spiro atoms. The van der Waals surface area contributed by atoms with Gasteiger partial charge in [0.05, 0.1) is 0 Å². The Hall–Kier alpha value is -1.26. The number of rotatable bonds is 3. The molecule has 1 aliphatic rings. The van der Waals surface area contributed by atoms with Crippen molar-refractivity contribution in [3.8, 4) is 0 Å². The molecule has 0 aromatic heterocycles. The van der Waals surface area contributed by atoms with E-state index in [9.17, 15) is 9.59 Å². The molecule has 5 heteroatoms. The number of amides is 2. The lowest BCUT2D eigenvalue weighted by molar-refractivity contribution is -0.138. The molecule has 1 saturated heterocycles. The van der Waals surface area contributed by atoms with Crippen LogP contribution in [0, 0.1) is 5.92 Å². The van der Waals surface area contributed by atoms with E-state index in [0.717, 1.165) is 38.8 Å². The van der Waals surface area contributed by atoms with E-state index in [1.165, 1.54) is 6.92 Å². The average Bonchev–Trinajstić information content (AvgIpc) is 2.53. The van der Waals surface area contributed by atoms with Crippen LogP contribution in [0.15, 0.2) is 0 Å². The van der Waals surface area contributed by atoms with Crippen LogP contribution in [-0.2, 0) is 4.79 Å². The lowest BCUT2D eigenvalue weighted by atomic mass is 9.98. The fourth-order valence-corrected chi connectivity index (χ4v) is 2.11. The average molecular weight is 242 g/mol. The molecule has 17 heavy (non-hydrogen) atoms. The van der Waals surface area contributed by atoms with E-state index in [0.29, 0.717) is 5.92 Å². The second-order valence-electron chi connectivity index (χ2n) is 4.70. The van der Waals surface area contributed by atoms with Gasteiger partial charge in [-0.3, -0.25) is 4.79 Å². The zero-order valence-electron chi connectivity index (χ0n) is 10.6. The number of nitrogens with one attached hydrogen (secondary N) is 1. The molecular weight excluding hydrogens is 220 g/mol. The number of carboxylic acid groups (broad SMARTS) is 1. The highest BCUT2D eigenvalue weighted by Gasteiger charge is 2.22. The largest absolute Gasteiger partial charge is 0.480 e. The van der Waals surface area contributed by atoms with Crippen LogP contribution in [0.4, 0.5) is 4.79 Å². The maximum atomic E-state index is 11.8. The molecule has 0 radical (unpaired) electrons. The summed E-state index contributed by atoms with van der Waals surface area (Å²) in [7, 11) is 0. The molecule has 98 valence electrons. The Bertz CT molecular complexity index is 281. The summed E-state index contributed by atoms with van der Waals surface area (Å²) in [6, 6.07) is -1.08. The van der Waals surface area contributed by atoms with Gasteiger partial charge in [-0.05, 0) is 32.1 Å². The molecule has 2 atom stereocenters. The fraction of sp³-hybridized carbons (Fsp3) is 0.833. The minimum Gasteiger partial charge on any atom is -0.480 e. The standard InChI is InChI=1S/C12H22N2O3/c1-3-10-5-4-7-14(8-6-10)12(17)13-9(2)11(15)16/h9-10H,3-8H2,1-2H3,(H,13,17)(H,15,16)/t9-,10?/m0/s1. The van der Waals surface area contributed by atoms with Crippen molar-refractivity contribution in [1.82, 2.24) is 10.2 Å². The number of likely N-dealkylation sites (tertiary alicyclic amines) is 1. The molecule has 1 aliphatic heterocycles. The van der Waals surface area contributed by atoms with E-state index in [2.05, 4.69) is 12.2 Å². The molecule has 0 aromatic carbocycles. The quantitative estimate of drug-likeness (QED) is 0.791. The van der Waals surface area contributed by atoms with Crippen molar-refractivity contribution < 1.29 is 14.7 Å². The van der Waals surface area contributed by atoms with Gasteiger partial charge < -0.3 is 15.3 Å². The summed E-state index contributed by atoms with van der Waals surface area (Å²) in [6.07, 6.45) is 4.34. The minimum absolute atomic E-state index is 0.253. The predicted octanol–water partition coefficient (Wildman–Crippen LogP) is 1.68. The van der Waals surface area contributed by atoms with Crippen molar-refractivity contribution in [2.24, 2.45) is 5.92 Å². The van der Waals surface area contributed by atoms with Crippen molar-refractivity contribution in [1.29, 1.82) is 0 Å². The summed E-state index contributed by atoms with van der Waals surface area (Å²) >= 11 is 0. The summed E-state index contributed by atoms with van der Waals surface area (Å²) in [5.41, 5.74) is 0. The molecule has 1 fully saturated rings. The normalized spacial score (nSPS) is 22.7. The summed E-state index contributed by atoms with van der Waals surface area (Å²) < 4.78 is 0. The second kappa shape index (κ2) is 6.47. The van der Waals surface area contributed by atoms with Gasteiger partial charge in [0.2, 0.25) is 0 Å². The molecule has 2 amide bonds. The maximum Gasteiger partial charge on any atom is 0.325 e. The number of carbonyl (C=O) groups excluding carboxylic acids is 1. The van der Waals surface area contributed by atoms with Crippen LogP contribution in [0.25, 0.3) is 0 Å². The highest BCUT2D eigenvalue weighted by atomic mass is 16.4. The molecule has 0 aliphatic carbocycles. The van der Waals surface area contributed by atoms with Crippen molar-refractivity contribution in [3.63, 3.8) is 0 Å². The van der Waals surface area contributed by atoms with Gasteiger partial charge in [0.1, 0.15) is 6.04 Å². The van der Waals surface area contributed by atoms with Crippen LogP contribution < -0.4 is 5.32 Å². The number of carbonyl (C=O) groups is 2. The maximum absolute atomic E-state index is 11.8. The van der Waals surface area contributed by atoms with Crippen molar-refractivity contribution in [3.05, 3.63) is 0 Å². The molecule has 1 unspecified atom stereocenters. The first kappa shape index (κ1) is 13.8. The van der Waals surface area contributed by atoms with E-state index in [-0.39, 0.29) is 6.03 Å². The van der Waals surface area contributed by atoms with Gasteiger partial charge in [-0.15, -0.1) is 0 Å². The van der Waals surface area contributed by atoms with Gasteiger partial charge in [0, 0.05) is 13.1 Å². The van der Waals surface area contributed by atoms with Crippen LogP contribution in [0.3, 0.4) is 0 Å². The highest BCUT2D eigenvalue weighted by molar-refractivity contribution is 5.82. The third-order valence-electron chi connectivity index (χ3n) is 3.42. The van der Waals surface area contributed by atoms with Crippen LogP contribution in [0.1, 0.15) is 39.5 Å². The minimum atomic E-state index is -1.00. The number of nitrogens with zero attached hydrogens (tertiary/aromatic N) is 1. The van der Waals surface area contributed by atoms with Crippen LogP contribution in [0.2, 0.25) is 0 Å². The van der Waals surface area contributed by atoms with Crippen molar-refractivity contribution in [2.45, 2.75) is 45.6 Å². The summed E-state index contributed by atoms with van der Waals surface area (Å²) in [6.45, 7) is 5.12. The topological polar surface area (TPSA) is 69.6 Å². The first-order valence-electron chi connectivity index (χ1n) is 6.32. The fourth-order valence-electron chi connectivity index (χ4n) is 2.11. The number of carboxylic acids is 1. The molecule has 0 aromatic rings. The van der Waals surface area contributed by atoms with E-state index < -0.39 is 12.0 Å². The monoisotopic (exact) mass is 242 g/mol. The third kappa shape index (κ3) is 4.24.